The summed E-state index contributed by atoms with van der Waals surface area (Å²) < 4.78 is 11.7. The molecule has 2 heterocycles. The lowest BCUT2D eigenvalue weighted by Gasteiger charge is -2.27. The summed E-state index contributed by atoms with van der Waals surface area (Å²) in [7, 11) is 1.80. The highest BCUT2D eigenvalue weighted by Gasteiger charge is 2.21. The number of hydrogen-bond acceptors (Lipinski definition) is 4. The fraction of sp³-hybridized carbons (Fsp3) is 0.632. The second-order valence-electron chi connectivity index (χ2n) is 6.94. The summed E-state index contributed by atoms with van der Waals surface area (Å²) in [6.45, 7) is 8.06. The molecule has 3 rings (SSSR count). The van der Waals surface area contributed by atoms with Gasteiger partial charge in [-0.2, -0.15) is 0 Å². The zero-order valence-corrected chi connectivity index (χ0v) is 15.3. The second kappa shape index (κ2) is 8.94. The van der Waals surface area contributed by atoms with Gasteiger partial charge < -0.3 is 25.0 Å². The Morgan fingerprint density at radius 3 is 2.76 bits per heavy atom. The summed E-state index contributed by atoms with van der Waals surface area (Å²) in [6, 6.07) is 7.78. The number of aliphatic imine (C=N–C) groups is 1. The smallest absolute Gasteiger partial charge is 0.191 e. The summed E-state index contributed by atoms with van der Waals surface area (Å²) in [4.78, 5) is 6.85. The van der Waals surface area contributed by atoms with E-state index < -0.39 is 0 Å². The van der Waals surface area contributed by atoms with Crippen molar-refractivity contribution in [2.24, 2.45) is 10.9 Å². The van der Waals surface area contributed by atoms with E-state index in [1.807, 2.05) is 24.3 Å². The van der Waals surface area contributed by atoms with Gasteiger partial charge >= 0.3 is 0 Å². The van der Waals surface area contributed by atoms with Crippen molar-refractivity contribution in [2.45, 2.75) is 25.9 Å². The van der Waals surface area contributed by atoms with Crippen LogP contribution in [0.15, 0.2) is 29.3 Å². The van der Waals surface area contributed by atoms with Gasteiger partial charge in [0.2, 0.25) is 0 Å². The fourth-order valence-electron chi connectivity index (χ4n) is 3.34. The molecule has 25 heavy (non-hydrogen) atoms. The molecule has 2 aliphatic rings. The quantitative estimate of drug-likeness (QED) is 0.607. The zero-order chi connectivity index (χ0) is 17.5. The highest BCUT2D eigenvalue weighted by atomic mass is 16.6. The number of benzene rings is 1. The van der Waals surface area contributed by atoms with Crippen LogP contribution in [-0.4, -0.2) is 63.3 Å². The molecule has 1 saturated heterocycles. The Bertz CT molecular complexity index is 572. The summed E-state index contributed by atoms with van der Waals surface area (Å²) in [5.41, 5.74) is 0. The molecule has 0 amide bonds. The van der Waals surface area contributed by atoms with Gasteiger partial charge in [-0.05, 0) is 44.0 Å². The Kier molecular flexibility index (Phi) is 6.39. The van der Waals surface area contributed by atoms with Crippen LogP contribution in [0, 0.1) is 5.92 Å². The topological polar surface area (TPSA) is 58.1 Å². The molecule has 2 unspecified atom stereocenters. The van der Waals surface area contributed by atoms with Crippen molar-refractivity contribution in [3.05, 3.63) is 24.3 Å². The maximum Gasteiger partial charge on any atom is 0.191 e. The van der Waals surface area contributed by atoms with Crippen molar-refractivity contribution in [3.8, 4) is 11.5 Å². The third-order valence-electron chi connectivity index (χ3n) is 4.67. The largest absolute Gasteiger partial charge is 0.486 e. The number of nitrogens with one attached hydrogen (secondary N) is 2. The number of likely N-dealkylation sites (tertiary alicyclic amines) is 1. The van der Waals surface area contributed by atoms with Crippen LogP contribution in [0.1, 0.15) is 19.8 Å². The van der Waals surface area contributed by atoms with Gasteiger partial charge in [0, 0.05) is 20.1 Å². The number of rotatable bonds is 6. The number of fused-ring (bicyclic) bond motifs is 1. The van der Waals surface area contributed by atoms with E-state index in [4.69, 9.17) is 9.47 Å². The Morgan fingerprint density at radius 2 is 2.00 bits per heavy atom. The van der Waals surface area contributed by atoms with Crippen molar-refractivity contribution in [2.75, 3.05) is 46.4 Å². The molecule has 0 radical (unpaired) electrons. The molecule has 2 N–H and O–H groups in total. The predicted octanol–water partition coefficient (Wildman–Crippen LogP) is 1.72. The first-order valence-electron chi connectivity index (χ1n) is 9.30. The van der Waals surface area contributed by atoms with E-state index in [9.17, 15) is 0 Å². The molecule has 2 atom stereocenters. The van der Waals surface area contributed by atoms with Gasteiger partial charge in [0.15, 0.2) is 17.5 Å². The second-order valence-corrected chi connectivity index (χ2v) is 6.94. The van der Waals surface area contributed by atoms with E-state index >= 15 is 0 Å². The van der Waals surface area contributed by atoms with Crippen molar-refractivity contribution < 1.29 is 9.47 Å². The van der Waals surface area contributed by atoms with Crippen LogP contribution < -0.4 is 20.1 Å². The normalized spacial score (nSPS) is 21.8. The summed E-state index contributed by atoms with van der Waals surface area (Å²) in [5.74, 6) is 3.04. The summed E-state index contributed by atoms with van der Waals surface area (Å²) in [5, 5.41) is 6.76. The number of nitrogens with zero attached hydrogens (tertiary/aromatic N) is 2. The van der Waals surface area contributed by atoms with E-state index in [0.717, 1.165) is 30.5 Å². The molecule has 0 spiro atoms. The molecule has 0 aliphatic carbocycles. The van der Waals surface area contributed by atoms with Crippen molar-refractivity contribution >= 4 is 5.96 Å². The van der Waals surface area contributed by atoms with Gasteiger partial charge in [0.1, 0.15) is 12.7 Å². The van der Waals surface area contributed by atoms with E-state index in [2.05, 4.69) is 27.4 Å². The molecule has 0 bridgehead atoms. The van der Waals surface area contributed by atoms with E-state index in [1.165, 1.54) is 25.9 Å². The molecule has 6 nitrogen and oxygen atoms in total. The third-order valence-corrected chi connectivity index (χ3v) is 4.67. The molecule has 1 fully saturated rings. The molecule has 1 aromatic carbocycles. The SMILES string of the molecule is CN=C(NCC(C)CN1CCCC1)NCC1COc2ccccc2O1. The van der Waals surface area contributed by atoms with Crippen molar-refractivity contribution in [3.63, 3.8) is 0 Å². The zero-order valence-electron chi connectivity index (χ0n) is 15.3. The number of ether oxygens (including phenoxy) is 2. The molecular weight excluding hydrogens is 316 g/mol. The number of para-hydroxylation sites is 2. The van der Waals surface area contributed by atoms with Gasteiger partial charge in [0.25, 0.3) is 0 Å². The van der Waals surface area contributed by atoms with E-state index in [-0.39, 0.29) is 6.10 Å². The predicted molar refractivity (Wildman–Crippen MR) is 101 cm³/mol. The molecular formula is C19H30N4O2. The minimum atomic E-state index is -0.0181. The first-order chi connectivity index (χ1) is 12.2. The van der Waals surface area contributed by atoms with Gasteiger partial charge in [-0.3, -0.25) is 4.99 Å². The van der Waals surface area contributed by atoms with Crippen LogP contribution in [-0.2, 0) is 0 Å². The molecule has 6 heteroatoms. The molecule has 1 aromatic rings. The van der Waals surface area contributed by atoms with E-state index in [0.29, 0.717) is 19.1 Å². The molecule has 0 aromatic heterocycles. The highest BCUT2D eigenvalue weighted by Crippen LogP contribution is 2.30. The third kappa shape index (κ3) is 5.26. The average molecular weight is 346 g/mol. The first-order valence-corrected chi connectivity index (χ1v) is 9.30. The first kappa shape index (κ1) is 17.9. The summed E-state index contributed by atoms with van der Waals surface area (Å²) in [6.07, 6.45) is 2.67. The van der Waals surface area contributed by atoms with Crippen molar-refractivity contribution in [1.82, 2.24) is 15.5 Å². The Hall–Kier alpha value is -1.95. The Morgan fingerprint density at radius 1 is 1.24 bits per heavy atom. The molecule has 138 valence electrons. The average Bonchev–Trinajstić information content (AvgIpc) is 3.14. The van der Waals surface area contributed by atoms with Gasteiger partial charge in [-0.15, -0.1) is 0 Å². The lowest BCUT2D eigenvalue weighted by atomic mass is 10.1. The van der Waals surface area contributed by atoms with Crippen LogP contribution >= 0.6 is 0 Å². The number of hydrogen-bond donors (Lipinski definition) is 2. The van der Waals surface area contributed by atoms with Gasteiger partial charge in [-0.1, -0.05) is 19.1 Å². The molecule has 2 aliphatic heterocycles. The Balaban J connectivity index is 1.38. The standard InChI is InChI=1S/C19H30N4O2/c1-15(13-23-9-5-6-10-23)11-21-19(20-2)22-12-16-14-24-17-7-3-4-8-18(17)25-16/h3-4,7-8,15-16H,5-6,9-14H2,1-2H3,(H2,20,21,22). The fourth-order valence-corrected chi connectivity index (χ4v) is 3.34. The van der Waals surface area contributed by atoms with Crippen LogP contribution in [0.4, 0.5) is 0 Å². The van der Waals surface area contributed by atoms with Gasteiger partial charge in [0.05, 0.1) is 6.54 Å². The summed E-state index contributed by atoms with van der Waals surface area (Å²) >= 11 is 0. The minimum Gasteiger partial charge on any atom is -0.486 e. The monoisotopic (exact) mass is 346 g/mol. The van der Waals surface area contributed by atoms with Crippen LogP contribution in [0.2, 0.25) is 0 Å². The van der Waals surface area contributed by atoms with E-state index in [1.54, 1.807) is 7.05 Å². The minimum absolute atomic E-state index is 0.0181. The Labute approximate surface area is 150 Å². The van der Waals surface area contributed by atoms with Crippen LogP contribution in [0.3, 0.4) is 0 Å². The van der Waals surface area contributed by atoms with Crippen molar-refractivity contribution in [1.29, 1.82) is 0 Å². The molecule has 0 saturated carbocycles. The lowest BCUT2D eigenvalue weighted by molar-refractivity contribution is 0.0936. The highest BCUT2D eigenvalue weighted by molar-refractivity contribution is 5.79. The maximum absolute atomic E-state index is 5.96. The lowest BCUT2D eigenvalue weighted by Crippen LogP contribution is -2.46. The maximum atomic E-state index is 5.96. The van der Waals surface area contributed by atoms with Gasteiger partial charge in [-0.25, -0.2) is 0 Å². The number of guanidine groups is 1. The van der Waals surface area contributed by atoms with Crippen LogP contribution in [0.5, 0.6) is 11.5 Å². The van der Waals surface area contributed by atoms with Crippen LogP contribution in [0.25, 0.3) is 0 Å².